The summed E-state index contributed by atoms with van der Waals surface area (Å²) in [4.78, 5) is 0. The van der Waals surface area contributed by atoms with Crippen molar-refractivity contribution in [1.29, 1.82) is 0 Å². The van der Waals surface area contributed by atoms with Crippen LogP contribution in [0.5, 0.6) is 11.5 Å². The molecule has 5 rings (SSSR count). The SMILES string of the molecule is Oc1ccc(Cl)cc1C1=NN2C(C1)c1cc(Br)ccc1OC2c1ccco1. The average Bonchev–Trinajstić information content (AvgIpc) is 3.33. The van der Waals surface area contributed by atoms with Gasteiger partial charge in [0.05, 0.1) is 18.0 Å². The maximum absolute atomic E-state index is 10.3. The summed E-state index contributed by atoms with van der Waals surface area (Å²) in [6.07, 6.45) is 1.77. The van der Waals surface area contributed by atoms with Gasteiger partial charge in [0.25, 0.3) is 0 Å². The Kier molecular flexibility index (Phi) is 3.91. The van der Waals surface area contributed by atoms with Crippen molar-refractivity contribution in [2.45, 2.75) is 18.7 Å². The molecular formula is C20H14BrClN2O3. The second kappa shape index (κ2) is 6.32. The zero-order valence-electron chi connectivity index (χ0n) is 14.0. The first-order valence-electron chi connectivity index (χ1n) is 8.44. The summed E-state index contributed by atoms with van der Waals surface area (Å²) < 4.78 is 12.8. The van der Waals surface area contributed by atoms with Crippen molar-refractivity contribution in [3.8, 4) is 11.5 Å². The maximum Gasteiger partial charge on any atom is 0.246 e. The summed E-state index contributed by atoms with van der Waals surface area (Å²) in [6.45, 7) is 0. The molecule has 3 heterocycles. The molecule has 0 radical (unpaired) electrons. The Balaban J connectivity index is 1.63. The van der Waals surface area contributed by atoms with Gasteiger partial charge in [-0.3, -0.25) is 0 Å². The third-order valence-corrected chi connectivity index (χ3v) is 5.54. The molecule has 0 amide bonds. The molecule has 136 valence electrons. The minimum absolute atomic E-state index is 0.0327. The normalized spacial score (nSPS) is 20.7. The van der Waals surface area contributed by atoms with E-state index in [1.807, 2.05) is 35.3 Å². The fourth-order valence-corrected chi connectivity index (χ4v) is 4.13. The first-order valence-corrected chi connectivity index (χ1v) is 9.61. The smallest absolute Gasteiger partial charge is 0.246 e. The van der Waals surface area contributed by atoms with Crippen LogP contribution in [-0.2, 0) is 0 Å². The molecule has 1 aromatic heterocycles. The summed E-state index contributed by atoms with van der Waals surface area (Å²) in [6, 6.07) is 14.6. The molecule has 2 atom stereocenters. The molecule has 0 saturated carbocycles. The van der Waals surface area contributed by atoms with Gasteiger partial charge in [0.1, 0.15) is 11.5 Å². The van der Waals surface area contributed by atoms with Gasteiger partial charge in [0.2, 0.25) is 6.23 Å². The second-order valence-electron chi connectivity index (χ2n) is 6.48. The van der Waals surface area contributed by atoms with Crippen molar-refractivity contribution in [2.24, 2.45) is 5.10 Å². The lowest BCUT2D eigenvalue weighted by Crippen LogP contribution is -2.33. The first-order chi connectivity index (χ1) is 13.1. The lowest BCUT2D eigenvalue weighted by Gasteiger charge is -2.37. The molecule has 2 unspecified atom stereocenters. The fraction of sp³-hybridized carbons (Fsp3) is 0.150. The summed E-state index contributed by atoms with van der Waals surface area (Å²) in [5.41, 5.74) is 2.42. The zero-order valence-corrected chi connectivity index (χ0v) is 16.3. The third kappa shape index (κ3) is 2.80. The van der Waals surface area contributed by atoms with E-state index in [-0.39, 0.29) is 11.8 Å². The molecular weight excluding hydrogens is 432 g/mol. The van der Waals surface area contributed by atoms with Crippen LogP contribution in [0.2, 0.25) is 5.02 Å². The fourth-order valence-electron chi connectivity index (χ4n) is 3.58. The molecule has 0 aliphatic carbocycles. The van der Waals surface area contributed by atoms with E-state index < -0.39 is 6.23 Å². The van der Waals surface area contributed by atoms with Gasteiger partial charge in [0.15, 0.2) is 5.76 Å². The highest BCUT2D eigenvalue weighted by atomic mass is 79.9. The van der Waals surface area contributed by atoms with Gasteiger partial charge in [-0.15, -0.1) is 0 Å². The topological polar surface area (TPSA) is 58.2 Å². The van der Waals surface area contributed by atoms with Crippen LogP contribution in [0.3, 0.4) is 0 Å². The van der Waals surface area contributed by atoms with Crippen LogP contribution in [-0.4, -0.2) is 15.8 Å². The molecule has 0 fully saturated rings. The predicted molar refractivity (Wildman–Crippen MR) is 105 cm³/mol. The van der Waals surface area contributed by atoms with E-state index in [4.69, 9.17) is 25.9 Å². The molecule has 0 spiro atoms. The van der Waals surface area contributed by atoms with Gasteiger partial charge < -0.3 is 14.3 Å². The van der Waals surface area contributed by atoms with E-state index in [1.54, 1.807) is 24.5 Å². The van der Waals surface area contributed by atoms with Crippen molar-refractivity contribution in [1.82, 2.24) is 5.01 Å². The molecule has 1 N–H and O–H groups in total. The number of halogens is 2. The minimum atomic E-state index is -0.475. The number of hydrogen-bond acceptors (Lipinski definition) is 5. The van der Waals surface area contributed by atoms with E-state index in [9.17, 15) is 5.11 Å². The molecule has 7 heteroatoms. The number of aromatic hydroxyl groups is 1. The predicted octanol–water partition coefficient (Wildman–Crippen LogP) is 5.64. The Bertz CT molecular complexity index is 1050. The number of benzene rings is 2. The standard InChI is InChI=1S/C20H14BrClN2O3/c21-11-3-6-18-14(8-11)16-10-15(13-9-12(22)4-5-17(13)25)23-24(16)20(27-18)19-2-1-7-26-19/h1-9,16,20,25H,10H2. The second-order valence-corrected chi connectivity index (χ2v) is 7.83. The van der Waals surface area contributed by atoms with E-state index in [1.165, 1.54) is 0 Å². The van der Waals surface area contributed by atoms with Crippen LogP contribution in [0.15, 0.2) is 68.8 Å². The lowest BCUT2D eigenvalue weighted by atomic mass is 9.96. The quantitative estimate of drug-likeness (QED) is 0.554. The molecule has 0 bridgehead atoms. The highest BCUT2D eigenvalue weighted by Crippen LogP contribution is 2.48. The van der Waals surface area contributed by atoms with Gasteiger partial charge in [-0.1, -0.05) is 27.5 Å². The monoisotopic (exact) mass is 444 g/mol. The van der Waals surface area contributed by atoms with Gasteiger partial charge in [-0.2, -0.15) is 5.10 Å². The number of furan rings is 1. The van der Waals surface area contributed by atoms with Crippen LogP contribution < -0.4 is 4.74 Å². The molecule has 27 heavy (non-hydrogen) atoms. The van der Waals surface area contributed by atoms with E-state index in [2.05, 4.69) is 15.9 Å². The molecule has 2 aliphatic heterocycles. The van der Waals surface area contributed by atoms with Crippen molar-refractivity contribution in [3.05, 3.63) is 81.2 Å². The number of ether oxygens (including phenoxy) is 1. The van der Waals surface area contributed by atoms with Crippen LogP contribution in [0.25, 0.3) is 0 Å². The molecule has 2 aromatic carbocycles. The summed E-state index contributed by atoms with van der Waals surface area (Å²) in [5, 5.41) is 17.5. The van der Waals surface area contributed by atoms with Gasteiger partial charge >= 0.3 is 0 Å². The van der Waals surface area contributed by atoms with Crippen LogP contribution in [0.4, 0.5) is 0 Å². The summed E-state index contributed by atoms with van der Waals surface area (Å²) in [5.74, 6) is 1.63. The number of hydrogen-bond donors (Lipinski definition) is 1. The molecule has 2 aliphatic rings. The Morgan fingerprint density at radius 2 is 2.07 bits per heavy atom. The average molecular weight is 446 g/mol. The van der Waals surface area contributed by atoms with E-state index >= 15 is 0 Å². The molecule has 5 nitrogen and oxygen atoms in total. The zero-order chi connectivity index (χ0) is 18.5. The van der Waals surface area contributed by atoms with Crippen molar-refractivity contribution in [2.75, 3.05) is 0 Å². The first kappa shape index (κ1) is 16.7. The number of phenolic OH excluding ortho intramolecular Hbond substituents is 1. The Morgan fingerprint density at radius 3 is 2.89 bits per heavy atom. The van der Waals surface area contributed by atoms with Crippen LogP contribution >= 0.6 is 27.5 Å². The summed E-state index contributed by atoms with van der Waals surface area (Å²) in [7, 11) is 0. The van der Waals surface area contributed by atoms with Crippen molar-refractivity contribution in [3.63, 3.8) is 0 Å². The number of fused-ring (bicyclic) bond motifs is 3. The van der Waals surface area contributed by atoms with E-state index in [0.717, 1.165) is 21.5 Å². The minimum Gasteiger partial charge on any atom is -0.507 e. The number of rotatable bonds is 2. The maximum atomic E-state index is 10.3. The number of phenols is 1. The highest BCUT2D eigenvalue weighted by Gasteiger charge is 2.42. The number of nitrogens with zero attached hydrogens (tertiary/aromatic N) is 2. The molecule has 3 aromatic rings. The highest BCUT2D eigenvalue weighted by molar-refractivity contribution is 9.10. The Labute approximate surface area is 168 Å². The van der Waals surface area contributed by atoms with Gasteiger partial charge in [0, 0.05) is 27.0 Å². The Morgan fingerprint density at radius 1 is 1.19 bits per heavy atom. The number of hydrazone groups is 1. The third-order valence-electron chi connectivity index (χ3n) is 4.81. The Hall–Kier alpha value is -2.44. The molecule has 0 saturated heterocycles. The van der Waals surface area contributed by atoms with Gasteiger partial charge in [-0.25, -0.2) is 5.01 Å². The lowest BCUT2D eigenvalue weighted by molar-refractivity contribution is -0.0325. The van der Waals surface area contributed by atoms with Crippen molar-refractivity contribution < 1.29 is 14.3 Å². The van der Waals surface area contributed by atoms with Crippen LogP contribution in [0.1, 0.15) is 35.6 Å². The van der Waals surface area contributed by atoms with Crippen molar-refractivity contribution >= 4 is 33.2 Å². The summed E-state index contributed by atoms with van der Waals surface area (Å²) >= 11 is 9.67. The van der Waals surface area contributed by atoms with Gasteiger partial charge in [-0.05, 0) is 48.5 Å². The van der Waals surface area contributed by atoms with Crippen LogP contribution in [0, 0.1) is 0 Å². The van der Waals surface area contributed by atoms with E-state index in [0.29, 0.717) is 22.8 Å². The largest absolute Gasteiger partial charge is 0.507 e.